The molecule has 5 heteroatoms. The van der Waals surface area contributed by atoms with Gasteiger partial charge < -0.3 is 4.57 Å². The number of thiazole rings is 1. The number of benzene rings is 4. The quantitative estimate of drug-likeness (QED) is 0.291. The molecule has 0 saturated heterocycles. The van der Waals surface area contributed by atoms with Gasteiger partial charge in [0.2, 0.25) is 0 Å². The number of carbonyl (C=O) groups excluding carboxylic acids is 2. The van der Waals surface area contributed by atoms with E-state index < -0.39 is 6.04 Å². The summed E-state index contributed by atoms with van der Waals surface area (Å²) >= 11 is 1.41. The van der Waals surface area contributed by atoms with Crippen LogP contribution in [0.25, 0.3) is 10.2 Å². The summed E-state index contributed by atoms with van der Waals surface area (Å²) in [7, 11) is 0. The second-order valence-electron chi connectivity index (χ2n) is 8.05. The smallest absolute Gasteiger partial charge is 0.279 e. The highest BCUT2D eigenvalue weighted by Gasteiger charge is 2.27. The Bertz CT molecular complexity index is 1530. The number of hydrogen-bond donors (Lipinski definition) is 0. The number of rotatable bonds is 5. The van der Waals surface area contributed by atoms with Crippen LogP contribution in [0.15, 0.2) is 114 Å². The molecule has 0 spiro atoms. The maximum absolute atomic E-state index is 13.9. The fourth-order valence-electron chi connectivity index (χ4n) is 3.98. The van der Waals surface area contributed by atoms with Crippen LogP contribution in [0.2, 0.25) is 0 Å². The van der Waals surface area contributed by atoms with Crippen LogP contribution in [0, 0.1) is 6.92 Å². The lowest BCUT2D eigenvalue weighted by Gasteiger charge is -2.19. The maximum atomic E-state index is 13.9. The SMILES string of the molecule is Cc1ccc(C(=O)N=c2sc3ccccc3n2C(C(=O)c2ccccc2)c2ccccc2)cc1. The first-order chi connectivity index (χ1) is 16.6. The largest absolute Gasteiger partial charge is 0.301 e. The molecule has 5 rings (SSSR count). The minimum Gasteiger partial charge on any atom is -0.301 e. The number of carbonyl (C=O) groups is 2. The number of hydrogen-bond acceptors (Lipinski definition) is 3. The number of aromatic nitrogens is 1. The second-order valence-corrected chi connectivity index (χ2v) is 9.06. The third-order valence-electron chi connectivity index (χ3n) is 5.71. The number of aryl methyl sites for hydroxylation is 1. The third-order valence-corrected chi connectivity index (χ3v) is 6.74. The summed E-state index contributed by atoms with van der Waals surface area (Å²) in [5.41, 5.74) is 3.89. The zero-order chi connectivity index (χ0) is 23.5. The lowest BCUT2D eigenvalue weighted by atomic mass is 9.97. The minimum atomic E-state index is -0.663. The molecule has 34 heavy (non-hydrogen) atoms. The molecule has 1 aromatic heterocycles. The summed E-state index contributed by atoms with van der Waals surface area (Å²) in [6.45, 7) is 1.98. The lowest BCUT2D eigenvalue weighted by molar-refractivity contribution is 0.0941. The van der Waals surface area contributed by atoms with Crippen LogP contribution in [-0.4, -0.2) is 16.3 Å². The van der Waals surface area contributed by atoms with Crippen molar-refractivity contribution in [2.24, 2.45) is 4.99 Å². The van der Waals surface area contributed by atoms with Crippen molar-refractivity contribution in [2.45, 2.75) is 13.0 Å². The number of nitrogens with zero attached hydrogens (tertiary/aromatic N) is 2. The Balaban J connectivity index is 1.75. The molecule has 0 bridgehead atoms. The van der Waals surface area contributed by atoms with Crippen LogP contribution < -0.4 is 4.80 Å². The fraction of sp³-hybridized carbons (Fsp3) is 0.0690. The molecule has 4 nitrogen and oxygen atoms in total. The molecule has 166 valence electrons. The zero-order valence-corrected chi connectivity index (χ0v) is 19.4. The molecule has 1 unspecified atom stereocenters. The van der Waals surface area contributed by atoms with Crippen molar-refractivity contribution in [3.63, 3.8) is 0 Å². The van der Waals surface area contributed by atoms with Crippen molar-refractivity contribution in [3.05, 3.63) is 136 Å². The van der Waals surface area contributed by atoms with E-state index in [9.17, 15) is 9.59 Å². The van der Waals surface area contributed by atoms with E-state index in [1.54, 1.807) is 12.1 Å². The Morgan fingerprint density at radius 2 is 1.35 bits per heavy atom. The monoisotopic (exact) mass is 462 g/mol. The van der Waals surface area contributed by atoms with Crippen LogP contribution in [0.3, 0.4) is 0 Å². The average Bonchev–Trinajstić information content (AvgIpc) is 3.23. The summed E-state index contributed by atoms with van der Waals surface area (Å²) in [5.74, 6) is -0.390. The Morgan fingerprint density at radius 3 is 2.06 bits per heavy atom. The van der Waals surface area contributed by atoms with Crippen molar-refractivity contribution in [1.29, 1.82) is 0 Å². The molecule has 4 aromatic carbocycles. The summed E-state index contributed by atoms with van der Waals surface area (Å²) in [6.07, 6.45) is 0. The average molecular weight is 463 g/mol. The molecule has 1 atom stereocenters. The third kappa shape index (κ3) is 4.26. The van der Waals surface area contributed by atoms with Gasteiger partial charge in [-0.25, -0.2) is 0 Å². The number of Topliss-reactive ketones (excluding diaryl/α,β-unsaturated/α-hetero) is 1. The Labute approximate surface area is 201 Å². The van der Waals surface area contributed by atoms with Crippen molar-refractivity contribution < 1.29 is 9.59 Å². The molecular formula is C29H22N2O2S. The first-order valence-electron chi connectivity index (χ1n) is 11.0. The van der Waals surface area contributed by atoms with E-state index in [2.05, 4.69) is 4.99 Å². The van der Waals surface area contributed by atoms with E-state index >= 15 is 0 Å². The topological polar surface area (TPSA) is 51.4 Å². The van der Waals surface area contributed by atoms with Gasteiger partial charge in [0.25, 0.3) is 5.91 Å². The molecule has 5 aromatic rings. The molecule has 0 N–H and O–H groups in total. The number of ketones is 1. The van der Waals surface area contributed by atoms with E-state index in [1.165, 1.54) is 11.3 Å². The van der Waals surface area contributed by atoms with Crippen LogP contribution in [-0.2, 0) is 0 Å². The predicted molar refractivity (Wildman–Crippen MR) is 136 cm³/mol. The molecule has 0 saturated carbocycles. The molecule has 1 heterocycles. The van der Waals surface area contributed by atoms with E-state index in [0.29, 0.717) is 15.9 Å². The van der Waals surface area contributed by atoms with Gasteiger partial charge in [-0.2, -0.15) is 4.99 Å². The van der Waals surface area contributed by atoms with E-state index in [0.717, 1.165) is 21.3 Å². The summed E-state index contributed by atoms with van der Waals surface area (Å²) in [5, 5.41) is 0. The maximum Gasteiger partial charge on any atom is 0.279 e. The fourth-order valence-corrected chi connectivity index (χ4v) is 5.03. The van der Waals surface area contributed by atoms with Gasteiger partial charge in [-0.15, -0.1) is 0 Å². The van der Waals surface area contributed by atoms with Gasteiger partial charge >= 0.3 is 0 Å². The second kappa shape index (κ2) is 9.41. The predicted octanol–water partition coefficient (Wildman–Crippen LogP) is 6.22. The standard InChI is InChI=1S/C29H22N2O2S/c1-20-16-18-23(19-17-20)28(33)30-29-31(24-14-8-9-15-25(24)34-29)26(21-10-4-2-5-11-21)27(32)22-12-6-3-7-13-22/h2-19,26H,1H3. The van der Waals surface area contributed by atoms with Crippen LogP contribution in [0.4, 0.5) is 0 Å². The molecule has 0 radical (unpaired) electrons. The summed E-state index contributed by atoms with van der Waals surface area (Å²) in [6, 6.07) is 33.4. The number of amides is 1. The van der Waals surface area contributed by atoms with E-state index in [1.807, 2.05) is 109 Å². The van der Waals surface area contributed by atoms with Gasteiger partial charge in [0, 0.05) is 11.1 Å². The zero-order valence-electron chi connectivity index (χ0n) is 18.6. The van der Waals surface area contributed by atoms with Crippen molar-refractivity contribution >= 4 is 33.2 Å². The van der Waals surface area contributed by atoms with E-state index in [4.69, 9.17) is 0 Å². The molecule has 0 aliphatic carbocycles. The van der Waals surface area contributed by atoms with Gasteiger partial charge in [-0.3, -0.25) is 9.59 Å². The molecular weight excluding hydrogens is 440 g/mol. The van der Waals surface area contributed by atoms with Crippen LogP contribution in [0.1, 0.15) is 37.9 Å². The number of fused-ring (bicyclic) bond motifs is 1. The van der Waals surface area contributed by atoms with Gasteiger partial charge in [0.1, 0.15) is 6.04 Å². The van der Waals surface area contributed by atoms with Crippen LogP contribution in [0.5, 0.6) is 0 Å². The Hall–Kier alpha value is -4.09. The van der Waals surface area contributed by atoms with Gasteiger partial charge in [-0.05, 0) is 36.8 Å². The minimum absolute atomic E-state index is 0.0559. The Morgan fingerprint density at radius 1 is 0.735 bits per heavy atom. The van der Waals surface area contributed by atoms with Crippen LogP contribution >= 0.6 is 11.3 Å². The van der Waals surface area contributed by atoms with Crippen molar-refractivity contribution in [2.75, 3.05) is 0 Å². The lowest BCUT2D eigenvalue weighted by Crippen LogP contribution is -2.29. The van der Waals surface area contributed by atoms with Gasteiger partial charge in [0.15, 0.2) is 10.6 Å². The highest BCUT2D eigenvalue weighted by atomic mass is 32.1. The first kappa shape index (κ1) is 21.7. The first-order valence-corrected chi connectivity index (χ1v) is 11.8. The summed E-state index contributed by atoms with van der Waals surface area (Å²) < 4.78 is 2.86. The molecule has 0 aliphatic rings. The molecule has 0 aliphatic heterocycles. The highest BCUT2D eigenvalue weighted by molar-refractivity contribution is 7.16. The number of para-hydroxylation sites is 1. The van der Waals surface area contributed by atoms with Gasteiger partial charge in [0.05, 0.1) is 10.2 Å². The van der Waals surface area contributed by atoms with Crippen molar-refractivity contribution in [3.8, 4) is 0 Å². The molecule has 1 amide bonds. The normalized spacial score (nSPS) is 12.6. The highest BCUT2D eigenvalue weighted by Crippen LogP contribution is 2.28. The van der Waals surface area contributed by atoms with Crippen molar-refractivity contribution in [1.82, 2.24) is 4.57 Å². The summed E-state index contributed by atoms with van der Waals surface area (Å²) in [4.78, 5) is 32.0. The van der Waals surface area contributed by atoms with E-state index in [-0.39, 0.29) is 11.7 Å². The molecule has 0 fully saturated rings. The Kier molecular flexibility index (Phi) is 6.02. The van der Waals surface area contributed by atoms with Gasteiger partial charge in [-0.1, -0.05) is 102 Å².